The highest BCUT2D eigenvalue weighted by atomic mass is 32.1. The second kappa shape index (κ2) is 6.32. The second-order valence-electron chi connectivity index (χ2n) is 4.13. The van der Waals surface area contributed by atoms with E-state index in [1.54, 1.807) is 43.6 Å². The summed E-state index contributed by atoms with van der Waals surface area (Å²) in [6.07, 6.45) is 1.67. The maximum Gasteiger partial charge on any atom is 0.339 e. The lowest BCUT2D eigenvalue weighted by atomic mass is 10.1. The number of anilines is 1. The molecule has 0 fully saturated rings. The Morgan fingerprint density at radius 3 is 2.67 bits per heavy atom. The molecule has 6 heteroatoms. The van der Waals surface area contributed by atoms with Crippen LogP contribution in [-0.4, -0.2) is 23.2 Å². The van der Waals surface area contributed by atoms with Gasteiger partial charge < -0.3 is 20.3 Å². The number of hydrogen-bond donors (Lipinski definition) is 3. The Kier molecular flexibility index (Phi) is 4.49. The van der Waals surface area contributed by atoms with Crippen molar-refractivity contribution in [3.05, 3.63) is 46.8 Å². The van der Waals surface area contributed by atoms with E-state index >= 15 is 0 Å². The van der Waals surface area contributed by atoms with Crippen molar-refractivity contribution in [1.29, 1.82) is 0 Å². The summed E-state index contributed by atoms with van der Waals surface area (Å²) in [5.41, 5.74) is 0.633. The molecule has 2 rings (SSSR count). The summed E-state index contributed by atoms with van der Waals surface area (Å²) < 4.78 is 5.66. The molecule has 0 amide bonds. The molecule has 0 unspecified atom stereocenters. The Morgan fingerprint density at radius 1 is 1.38 bits per heavy atom. The fourth-order valence-corrected chi connectivity index (χ4v) is 2.77. The van der Waals surface area contributed by atoms with Crippen LogP contribution in [0, 0.1) is 0 Å². The van der Waals surface area contributed by atoms with E-state index in [4.69, 9.17) is 4.74 Å². The Bertz CT molecular complexity index is 691. The van der Waals surface area contributed by atoms with E-state index in [0.29, 0.717) is 16.3 Å². The average molecular weight is 305 g/mol. The molecule has 21 heavy (non-hydrogen) atoms. The minimum Gasteiger partial charge on any atom is -0.504 e. The molecule has 0 saturated carbocycles. The number of phenolic OH excluding ortho intramolecular Hbond substituents is 1. The molecule has 0 radical (unpaired) electrons. The molecule has 0 saturated heterocycles. The van der Waals surface area contributed by atoms with Crippen LogP contribution >= 0.6 is 11.3 Å². The van der Waals surface area contributed by atoms with Crippen molar-refractivity contribution in [2.24, 2.45) is 0 Å². The van der Waals surface area contributed by atoms with Gasteiger partial charge >= 0.3 is 5.97 Å². The molecule has 0 aliphatic carbocycles. The van der Waals surface area contributed by atoms with Crippen molar-refractivity contribution in [2.75, 3.05) is 12.4 Å². The number of rotatable bonds is 5. The van der Waals surface area contributed by atoms with Gasteiger partial charge in [0.15, 0.2) is 11.5 Å². The van der Waals surface area contributed by atoms with Crippen LogP contribution < -0.4 is 10.1 Å². The average Bonchev–Trinajstić information content (AvgIpc) is 2.90. The topological polar surface area (TPSA) is 78.8 Å². The third-order valence-corrected chi connectivity index (χ3v) is 3.84. The first-order valence-electron chi connectivity index (χ1n) is 6.23. The molecule has 1 aromatic heterocycles. The van der Waals surface area contributed by atoms with Crippen LogP contribution in [-0.2, 0) is 0 Å². The summed E-state index contributed by atoms with van der Waals surface area (Å²) in [5, 5.41) is 24.2. The predicted octanol–water partition coefficient (Wildman–Crippen LogP) is 3.63. The molecular formula is C15H15NO4S. The van der Waals surface area contributed by atoms with Gasteiger partial charge in [-0.15, -0.1) is 11.3 Å². The highest BCUT2D eigenvalue weighted by Gasteiger charge is 2.21. The summed E-state index contributed by atoms with van der Waals surface area (Å²) >= 11 is 1.29. The molecule has 0 spiro atoms. The van der Waals surface area contributed by atoms with Gasteiger partial charge in [0.25, 0.3) is 0 Å². The summed E-state index contributed by atoms with van der Waals surface area (Å²) in [4.78, 5) is 11.4. The van der Waals surface area contributed by atoms with Gasteiger partial charge in [-0.05, 0) is 25.1 Å². The summed E-state index contributed by atoms with van der Waals surface area (Å²) in [6, 6.07) is 6.54. The third-order valence-electron chi connectivity index (χ3n) is 2.84. The normalized spacial score (nSPS) is 11.2. The maximum atomic E-state index is 11.4. The van der Waals surface area contributed by atoms with Gasteiger partial charge in [0.05, 0.1) is 0 Å². The SMILES string of the molecule is C/C=C(\Oc1ccccc1O)c1csc(NC)c1C(=O)O. The van der Waals surface area contributed by atoms with Crippen molar-refractivity contribution in [3.63, 3.8) is 0 Å². The fraction of sp³-hybridized carbons (Fsp3) is 0.133. The van der Waals surface area contributed by atoms with Gasteiger partial charge in [-0.2, -0.15) is 0 Å². The summed E-state index contributed by atoms with van der Waals surface area (Å²) in [7, 11) is 1.67. The fourth-order valence-electron chi connectivity index (χ4n) is 1.87. The number of carboxylic acids is 1. The van der Waals surface area contributed by atoms with Gasteiger partial charge in [-0.1, -0.05) is 12.1 Å². The smallest absolute Gasteiger partial charge is 0.339 e. The number of allylic oxidation sites excluding steroid dienone is 1. The van der Waals surface area contributed by atoms with Crippen LogP contribution in [0.4, 0.5) is 5.00 Å². The quantitative estimate of drug-likeness (QED) is 0.735. The number of benzene rings is 1. The van der Waals surface area contributed by atoms with Gasteiger partial charge in [0, 0.05) is 18.0 Å². The largest absolute Gasteiger partial charge is 0.504 e. The first kappa shape index (κ1) is 14.9. The molecule has 1 heterocycles. The van der Waals surface area contributed by atoms with Crippen molar-refractivity contribution < 1.29 is 19.7 Å². The van der Waals surface area contributed by atoms with Crippen molar-refractivity contribution in [3.8, 4) is 11.5 Å². The first-order valence-corrected chi connectivity index (χ1v) is 7.11. The number of aromatic hydroxyl groups is 1. The molecule has 0 atom stereocenters. The molecule has 0 aliphatic heterocycles. The zero-order valence-electron chi connectivity index (χ0n) is 11.6. The number of carbonyl (C=O) groups is 1. The van der Waals surface area contributed by atoms with Gasteiger partial charge in [0.2, 0.25) is 0 Å². The minimum atomic E-state index is -1.03. The number of ether oxygens (including phenoxy) is 1. The molecular weight excluding hydrogens is 290 g/mol. The predicted molar refractivity (Wildman–Crippen MR) is 83.2 cm³/mol. The molecule has 2 aromatic rings. The zero-order chi connectivity index (χ0) is 15.4. The Morgan fingerprint density at radius 2 is 2.10 bits per heavy atom. The lowest BCUT2D eigenvalue weighted by molar-refractivity contribution is 0.0698. The van der Waals surface area contributed by atoms with E-state index in [2.05, 4.69) is 5.32 Å². The highest BCUT2D eigenvalue weighted by molar-refractivity contribution is 7.14. The number of nitrogens with one attached hydrogen (secondary N) is 1. The van der Waals surface area contributed by atoms with E-state index < -0.39 is 5.97 Å². The summed E-state index contributed by atoms with van der Waals surface area (Å²) in [6.45, 7) is 1.75. The maximum absolute atomic E-state index is 11.4. The van der Waals surface area contributed by atoms with E-state index in [-0.39, 0.29) is 17.1 Å². The van der Waals surface area contributed by atoms with E-state index in [1.807, 2.05) is 0 Å². The number of phenols is 1. The number of para-hydroxylation sites is 2. The second-order valence-corrected chi connectivity index (χ2v) is 5.01. The minimum absolute atomic E-state index is 0.00204. The molecule has 0 aliphatic rings. The van der Waals surface area contributed by atoms with Gasteiger partial charge in [-0.25, -0.2) is 4.79 Å². The van der Waals surface area contributed by atoms with Crippen LogP contribution in [0.15, 0.2) is 35.7 Å². The number of hydrogen-bond acceptors (Lipinski definition) is 5. The third kappa shape index (κ3) is 3.00. The monoisotopic (exact) mass is 305 g/mol. The lowest BCUT2D eigenvalue weighted by Crippen LogP contribution is -2.05. The highest BCUT2D eigenvalue weighted by Crippen LogP contribution is 2.35. The van der Waals surface area contributed by atoms with Crippen LogP contribution in [0.25, 0.3) is 5.76 Å². The Balaban J connectivity index is 2.42. The van der Waals surface area contributed by atoms with E-state index in [9.17, 15) is 15.0 Å². The standard InChI is InChI=1S/C15H15NO4S/c1-3-11(20-12-7-5-4-6-10(12)17)9-8-21-14(16-2)13(9)15(18)19/h3-8,16-17H,1-2H3,(H,18,19)/b11-3-. The van der Waals surface area contributed by atoms with Gasteiger partial charge in [-0.3, -0.25) is 0 Å². The number of thiophene rings is 1. The lowest BCUT2D eigenvalue weighted by Gasteiger charge is -2.11. The van der Waals surface area contributed by atoms with Crippen molar-refractivity contribution in [1.82, 2.24) is 0 Å². The molecule has 0 bridgehead atoms. The van der Waals surface area contributed by atoms with Crippen molar-refractivity contribution >= 4 is 28.1 Å². The molecule has 1 aromatic carbocycles. The van der Waals surface area contributed by atoms with Crippen LogP contribution in [0.1, 0.15) is 22.8 Å². The number of aromatic carboxylic acids is 1. The van der Waals surface area contributed by atoms with Crippen LogP contribution in [0.5, 0.6) is 11.5 Å². The molecule has 5 nitrogen and oxygen atoms in total. The first-order chi connectivity index (χ1) is 10.1. The van der Waals surface area contributed by atoms with Crippen LogP contribution in [0.2, 0.25) is 0 Å². The Labute approximate surface area is 126 Å². The number of carboxylic acid groups (broad SMARTS) is 1. The van der Waals surface area contributed by atoms with E-state index in [1.165, 1.54) is 17.4 Å². The van der Waals surface area contributed by atoms with Crippen molar-refractivity contribution in [2.45, 2.75) is 6.92 Å². The Hall–Kier alpha value is -2.47. The van der Waals surface area contributed by atoms with Crippen LogP contribution in [0.3, 0.4) is 0 Å². The molecule has 110 valence electrons. The zero-order valence-corrected chi connectivity index (χ0v) is 12.4. The van der Waals surface area contributed by atoms with E-state index in [0.717, 1.165) is 0 Å². The van der Waals surface area contributed by atoms with Gasteiger partial charge in [0.1, 0.15) is 16.3 Å². The summed E-state index contributed by atoms with van der Waals surface area (Å²) in [5.74, 6) is -0.376. The molecule has 3 N–H and O–H groups in total.